The van der Waals surface area contributed by atoms with Gasteiger partial charge in [-0.05, 0) is 0 Å². The van der Waals surface area contributed by atoms with Gasteiger partial charge in [-0.15, -0.1) is 0 Å². The van der Waals surface area contributed by atoms with Crippen LogP contribution in [0.5, 0.6) is 0 Å². The van der Waals surface area contributed by atoms with E-state index < -0.39 is 4.92 Å². The molecule has 1 rings (SSSR count). The Morgan fingerprint density at radius 3 is 2.73 bits per heavy atom. The maximum atomic E-state index is 10.4. The smallest absolute Gasteiger partial charge is 0.763 e. The molecule has 0 amide bonds. The molecule has 5 nitrogen and oxygen atoms in total. The molecular weight excluding hydrogens is 231 g/mol. The van der Waals surface area contributed by atoms with Gasteiger partial charge in [0.05, 0.1) is 23.5 Å². The number of nitrogens with zero attached hydrogens (tertiary/aromatic N) is 2. The van der Waals surface area contributed by atoms with Crippen LogP contribution >= 0.6 is 11.6 Å². The van der Waals surface area contributed by atoms with Crippen molar-refractivity contribution in [2.75, 3.05) is 7.11 Å². The summed E-state index contributed by atoms with van der Waals surface area (Å²) in [5, 5.41) is 19.2. The van der Waals surface area contributed by atoms with E-state index in [0.29, 0.717) is 0 Å². The van der Waals surface area contributed by atoms with E-state index in [1.54, 1.807) is 0 Å². The molecule has 0 bridgehead atoms. The summed E-state index contributed by atoms with van der Waals surface area (Å²) >= 11 is 5.70. The van der Waals surface area contributed by atoms with Crippen LogP contribution in [0.1, 0.15) is 6.42 Å². The van der Waals surface area contributed by atoms with Crippen molar-refractivity contribution in [3.8, 4) is 0 Å². The molecule has 0 atom stereocenters. The molecule has 15 heavy (non-hydrogen) atoms. The molecule has 0 N–H and O–H groups in total. The van der Waals surface area contributed by atoms with Crippen molar-refractivity contribution in [1.29, 1.82) is 0 Å². The van der Waals surface area contributed by atoms with E-state index in [2.05, 4.69) is 0 Å². The number of rotatable bonds is 2. The van der Waals surface area contributed by atoms with Crippen molar-refractivity contribution in [2.24, 2.45) is 0 Å². The Balaban J connectivity index is 0.00000196. The average molecular weight is 237 g/mol. The fraction of sp³-hybridized carbons (Fsp3) is 0.250. The van der Waals surface area contributed by atoms with Crippen LogP contribution in [0.4, 0.5) is 0 Å². The van der Waals surface area contributed by atoms with E-state index in [0.717, 1.165) is 0 Å². The minimum Gasteiger partial charge on any atom is -0.763 e. The molecule has 1 aliphatic rings. The first-order valence-corrected chi connectivity index (χ1v) is 4.03. The quantitative estimate of drug-likeness (QED) is 0.262. The van der Waals surface area contributed by atoms with Gasteiger partial charge in [-0.1, -0.05) is 11.6 Å². The average Bonchev–Trinajstić information content (AvgIpc) is 2.16. The molecular formula is C8H6ClN2NaO3. The molecule has 74 valence electrons. The van der Waals surface area contributed by atoms with Gasteiger partial charge in [0.1, 0.15) is 5.76 Å². The van der Waals surface area contributed by atoms with Crippen LogP contribution in [0.15, 0.2) is 28.1 Å². The van der Waals surface area contributed by atoms with E-state index in [1.165, 1.54) is 13.2 Å². The molecule has 0 aliphatic heterocycles. The molecule has 0 spiro atoms. The summed E-state index contributed by atoms with van der Waals surface area (Å²) in [7, 11) is 1.36. The van der Waals surface area contributed by atoms with E-state index in [-0.39, 0.29) is 58.0 Å². The predicted molar refractivity (Wildman–Crippen MR) is 51.5 cm³/mol. The molecule has 0 saturated heterocycles. The van der Waals surface area contributed by atoms with Crippen molar-refractivity contribution in [1.82, 2.24) is 0 Å². The largest absolute Gasteiger partial charge is 1.00 e. The minimum atomic E-state index is -0.563. The van der Waals surface area contributed by atoms with Crippen molar-refractivity contribution < 1.29 is 39.2 Å². The maximum Gasteiger partial charge on any atom is 1.00 e. The van der Waals surface area contributed by atoms with Crippen LogP contribution in [0, 0.1) is 10.1 Å². The SMILES string of the molecule is COC1=C(Cl)C=C([N+](=O)[O-])CC1=C=[N-].[Na+]. The molecule has 1 aliphatic carbocycles. The number of hydrogen-bond donors (Lipinski definition) is 0. The van der Waals surface area contributed by atoms with Crippen molar-refractivity contribution in [3.05, 3.63) is 43.7 Å². The monoisotopic (exact) mass is 236 g/mol. The summed E-state index contributed by atoms with van der Waals surface area (Å²) in [6.07, 6.45) is 1.14. The standard InChI is InChI=1S/C8H6ClN2O3.Na/c1-14-8-5(4-10)2-6(11(12)13)3-7(8)9;/h3H,2H2,1H3;/q-1;+1. The normalized spacial score (nSPS) is 15.1. The third kappa shape index (κ3) is 3.19. The Labute approximate surface area is 113 Å². The Morgan fingerprint density at radius 1 is 1.73 bits per heavy atom. The summed E-state index contributed by atoms with van der Waals surface area (Å²) in [5.41, 5.74) is 0.0686. The second-order valence-electron chi connectivity index (χ2n) is 2.54. The van der Waals surface area contributed by atoms with Crippen molar-refractivity contribution in [2.45, 2.75) is 6.42 Å². The van der Waals surface area contributed by atoms with Gasteiger partial charge in [0, 0.05) is 11.6 Å². The van der Waals surface area contributed by atoms with Crippen molar-refractivity contribution >= 4 is 17.5 Å². The molecule has 0 radical (unpaired) electrons. The fourth-order valence-corrected chi connectivity index (χ4v) is 1.41. The number of methoxy groups -OCH3 is 1. The third-order valence-electron chi connectivity index (χ3n) is 1.72. The van der Waals surface area contributed by atoms with Gasteiger partial charge < -0.3 is 10.1 Å². The zero-order valence-corrected chi connectivity index (χ0v) is 11.0. The van der Waals surface area contributed by atoms with Gasteiger partial charge >= 0.3 is 29.6 Å². The molecule has 0 fully saturated rings. The first-order valence-electron chi connectivity index (χ1n) is 3.65. The molecule has 0 unspecified atom stereocenters. The van der Waals surface area contributed by atoms with Crippen LogP contribution in [-0.2, 0) is 4.74 Å². The van der Waals surface area contributed by atoms with E-state index >= 15 is 0 Å². The topological polar surface area (TPSA) is 74.7 Å². The number of halogens is 1. The van der Waals surface area contributed by atoms with Gasteiger partial charge in [0.2, 0.25) is 0 Å². The van der Waals surface area contributed by atoms with Gasteiger partial charge in [-0.2, -0.15) is 0 Å². The maximum absolute atomic E-state index is 10.4. The fourth-order valence-electron chi connectivity index (χ4n) is 1.10. The molecule has 0 aromatic rings. The van der Waals surface area contributed by atoms with Crippen LogP contribution in [0.3, 0.4) is 0 Å². The Hall–Kier alpha value is -0.580. The predicted octanol–water partition coefficient (Wildman–Crippen LogP) is -1.18. The molecule has 0 aromatic heterocycles. The van der Waals surface area contributed by atoms with Gasteiger partial charge in [0.15, 0.2) is 0 Å². The summed E-state index contributed by atoms with van der Waals surface area (Å²) in [6, 6.07) is 0. The summed E-state index contributed by atoms with van der Waals surface area (Å²) in [4.78, 5) is 9.89. The summed E-state index contributed by atoms with van der Waals surface area (Å²) < 4.78 is 4.86. The Morgan fingerprint density at radius 2 is 2.33 bits per heavy atom. The van der Waals surface area contributed by atoms with Crippen LogP contribution in [-0.4, -0.2) is 17.9 Å². The first-order chi connectivity index (χ1) is 6.60. The third-order valence-corrected chi connectivity index (χ3v) is 2.00. The van der Waals surface area contributed by atoms with Crippen LogP contribution in [0.25, 0.3) is 5.41 Å². The van der Waals surface area contributed by atoms with Gasteiger partial charge in [-0.3, -0.25) is 16.0 Å². The van der Waals surface area contributed by atoms with E-state index in [4.69, 9.17) is 21.7 Å². The second kappa shape index (κ2) is 6.10. The number of ether oxygens (including phenoxy) is 1. The van der Waals surface area contributed by atoms with Crippen LogP contribution < -0.4 is 29.6 Å². The summed E-state index contributed by atoms with van der Waals surface area (Å²) in [5.74, 6) is 2.03. The minimum absolute atomic E-state index is 0. The van der Waals surface area contributed by atoms with Gasteiger partial charge in [-0.25, -0.2) is 0 Å². The zero-order chi connectivity index (χ0) is 10.7. The Bertz CT molecular complexity index is 397. The van der Waals surface area contributed by atoms with Crippen molar-refractivity contribution in [3.63, 3.8) is 0 Å². The number of hydrogen-bond acceptors (Lipinski definition) is 3. The summed E-state index contributed by atoms with van der Waals surface area (Å²) in [6.45, 7) is 0. The first kappa shape index (κ1) is 14.4. The Kier molecular flexibility index (Phi) is 5.87. The number of allylic oxidation sites excluding steroid dienone is 4. The van der Waals surface area contributed by atoms with E-state index in [1.807, 2.05) is 5.87 Å². The molecule has 0 saturated carbocycles. The molecule has 7 heteroatoms. The van der Waals surface area contributed by atoms with E-state index in [9.17, 15) is 10.1 Å². The van der Waals surface area contributed by atoms with Gasteiger partial charge in [0.25, 0.3) is 5.70 Å². The van der Waals surface area contributed by atoms with Crippen LogP contribution in [0.2, 0.25) is 0 Å². The molecule has 0 heterocycles. The zero-order valence-electron chi connectivity index (χ0n) is 8.28. The molecule has 0 aromatic carbocycles. The number of nitro groups is 1. The second-order valence-corrected chi connectivity index (χ2v) is 2.95.